The van der Waals surface area contributed by atoms with Crippen molar-refractivity contribution < 1.29 is 4.79 Å². The lowest BCUT2D eigenvalue weighted by molar-refractivity contribution is -0.116. The minimum absolute atomic E-state index is 0.121. The highest BCUT2D eigenvalue weighted by Gasteiger charge is 2.24. The zero-order chi connectivity index (χ0) is 10.9. The molecule has 2 rings (SSSR count). The maximum atomic E-state index is 11.6. The van der Waals surface area contributed by atoms with E-state index in [-0.39, 0.29) is 10.7 Å². The SMILES string of the molecule is CC1(C)CCC(=O)Nc2ccccc2S1. The van der Waals surface area contributed by atoms with E-state index in [4.69, 9.17) is 0 Å². The minimum atomic E-state index is 0.121. The van der Waals surface area contributed by atoms with Gasteiger partial charge in [0.25, 0.3) is 0 Å². The fourth-order valence-electron chi connectivity index (χ4n) is 1.63. The normalized spacial score (nSPS) is 19.7. The minimum Gasteiger partial charge on any atom is -0.325 e. The van der Waals surface area contributed by atoms with E-state index in [2.05, 4.69) is 25.2 Å². The van der Waals surface area contributed by atoms with Crippen molar-refractivity contribution in [2.45, 2.75) is 36.3 Å². The van der Waals surface area contributed by atoms with Crippen LogP contribution in [-0.4, -0.2) is 10.7 Å². The Morgan fingerprint density at radius 1 is 1.33 bits per heavy atom. The average Bonchev–Trinajstić information content (AvgIpc) is 2.16. The molecule has 1 aromatic carbocycles. The van der Waals surface area contributed by atoms with Crippen LogP contribution < -0.4 is 5.32 Å². The third kappa shape index (κ3) is 2.53. The second-order valence-corrected chi connectivity index (χ2v) is 6.16. The van der Waals surface area contributed by atoms with Crippen molar-refractivity contribution in [3.05, 3.63) is 24.3 Å². The first-order valence-electron chi connectivity index (χ1n) is 5.15. The monoisotopic (exact) mass is 221 g/mol. The zero-order valence-electron chi connectivity index (χ0n) is 9.04. The summed E-state index contributed by atoms with van der Waals surface area (Å²) in [5, 5.41) is 2.94. The fraction of sp³-hybridized carbons (Fsp3) is 0.417. The summed E-state index contributed by atoms with van der Waals surface area (Å²) < 4.78 is 0.133. The number of anilines is 1. The summed E-state index contributed by atoms with van der Waals surface area (Å²) >= 11 is 1.84. The van der Waals surface area contributed by atoms with Crippen LogP contribution in [0.1, 0.15) is 26.7 Å². The Kier molecular flexibility index (Phi) is 2.74. The van der Waals surface area contributed by atoms with Crippen LogP contribution in [0.3, 0.4) is 0 Å². The number of nitrogens with one attached hydrogen (secondary N) is 1. The molecule has 80 valence electrons. The second-order valence-electron chi connectivity index (χ2n) is 4.41. The largest absolute Gasteiger partial charge is 0.325 e. The first-order valence-corrected chi connectivity index (χ1v) is 5.96. The second kappa shape index (κ2) is 3.89. The van der Waals surface area contributed by atoms with Crippen LogP contribution in [0.15, 0.2) is 29.2 Å². The molecule has 2 nitrogen and oxygen atoms in total. The molecular weight excluding hydrogens is 206 g/mol. The predicted molar refractivity (Wildman–Crippen MR) is 64.2 cm³/mol. The first-order chi connectivity index (χ1) is 7.07. The molecule has 0 fully saturated rings. The topological polar surface area (TPSA) is 29.1 Å². The van der Waals surface area contributed by atoms with Gasteiger partial charge in [-0.05, 0) is 18.6 Å². The van der Waals surface area contributed by atoms with Gasteiger partial charge in [-0.25, -0.2) is 0 Å². The Bertz CT molecular complexity index is 387. The van der Waals surface area contributed by atoms with Crippen LogP contribution in [0.4, 0.5) is 5.69 Å². The summed E-state index contributed by atoms with van der Waals surface area (Å²) in [5.74, 6) is 0.121. The number of fused-ring (bicyclic) bond motifs is 1. The third-order valence-electron chi connectivity index (χ3n) is 2.50. The molecule has 1 aliphatic heterocycles. The van der Waals surface area contributed by atoms with Crippen molar-refractivity contribution in [3.8, 4) is 0 Å². The number of amides is 1. The van der Waals surface area contributed by atoms with Gasteiger partial charge in [0.1, 0.15) is 0 Å². The molecule has 1 N–H and O–H groups in total. The molecule has 0 atom stereocenters. The van der Waals surface area contributed by atoms with Crippen LogP contribution >= 0.6 is 11.8 Å². The summed E-state index contributed by atoms with van der Waals surface area (Å²) in [4.78, 5) is 12.7. The molecule has 1 aromatic rings. The van der Waals surface area contributed by atoms with Crippen molar-refractivity contribution in [3.63, 3.8) is 0 Å². The van der Waals surface area contributed by atoms with Crippen LogP contribution in [0.25, 0.3) is 0 Å². The standard InChI is InChI=1S/C12H15NOS/c1-12(2)8-7-11(14)13-9-5-3-4-6-10(9)15-12/h3-6H,7-8H2,1-2H3,(H,13,14). The molecule has 0 aromatic heterocycles. The molecule has 0 saturated carbocycles. The van der Waals surface area contributed by atoms with Crippen molar-refractivity contribution in [1.29, 1.82) is 0 Å². The lowest BCUT2D eigenvalue weighted by atomic mass is 10.1. The smallest absolute Gasteiger partial charge is 0.224 e. The highest BCUT2D eigenvalue weighted by atomic mass is 32.2. The highest BCUT2D eigenvalue weighted by molar-refractivity contribution is 8.00. The number of para-hydroxylation sites is 1. The summed E-state index contributed by atoms with van der Waals surface area (Å²) in [5.41, 5.74) is 0.945. The van der Waals surface area contributed by atoms with Crippen molar-refractivity contribution in [2.75, 3.05) is 5.32 Å². The highest BCUT2D eigenvalue weighted by Crippen LogP contribution is 2.41. The first kappa shape index (κ1) is 10.6. The fourth-order valence-corrected chi connectivity index (χ4v) is 2.81. The Morgan fingerprint density at radius 3 is 2.87 bits per heavy atom. The van der Waals surface area contributed by atoms with Crippen molar-refractivity contribution >= 4 is 23.4 Å². The van der Waals surface area contributed by atoms with E-state index < -0.39 is 0 Å². The van der Waals surface area contributed by atoms with Gasteiger partial charge in [-0.1, -0.05) is 26.0 Å². The molecule has 0 radical (unpaired) electrons. The van der Waals surface area contributed by atoms with E-state index in [1.165, 1.54) is 0 Å². The van der Waals surface area contributed by atoms with Crippen LogP contribution in [0, 0.1) is 0 Å². The molecule has 3 heteroatoms. The summed E-state index contributed by atoms with van der Waals surface area (Å²) in [6.07, 6.45) is 1.52. The van der Waals surface area contributed by atoms with E-state index in [0.717, 1.165) is 17.0 Å². The maximum absolute atomic E-state index is 11.6. The molecule has 15 heavy (non-hydrogen) atoms. The van der Waals surface area contributed by atoms with E-state index in [1.807, 2.05) is 30.0 Å². The van der Waals surface area contributed by atoms with Gasteiger partial charge in [-0.15, -0.1) is 11.8 Å². The summed E-state index contributed by atoms with van der Waals surface area (Å²) in [7, 11) is 0. The van der Waals surface area contributed by atoms with Gasteiger partial charge in [0.2, 0.25) is 5.91 Å². The molecule has 1 aliphatic rings. The van der Waals surface area contributed by atoms with Gasteiger partial charge in [0.15, 0.2) is 0 Å². The molecular formula is C12H15NOS. The van der Waals surface area contributed by atoms with E-state index in [1.54, 1.807) is 0 Å². The van der Waals surface area contributed by atoms with E-state index in [0.29, 0.717) is 6.42 Å². The number of hydrogen-bond acceptors (Lipinski definition) is 2. The van der Waals surface area contributed by atoms with Crippen molar-refractivity contribution in [2.24, 2.45) is 0 Å². The van der Waals surface area contributed by atoms with E-state index in [9.17, 15) is 4.79 Å². The number of thioether (sulfide) groups is 1. The molecule has 0 bridgehead atoms. The number of hydrogen-bond donors (Lipinski definition) is 1. The van der Waals surface area contributed by atoms with Gasteiger partial charge in [-0.2, -0.15) is 0 Å². The Hall–Kier alpha value is -0.960. The van der Waals surface area contributed by atoms with Crippen LogP contribution in [0.5, 0.6) is 0 Å². The van der Waals surface area contributed by atoms with Gasteiger partial charge in [-0.3, -0.25) is 4.79 Å². The van der Waals surface area contributed by atoms with Crippen LogP contribution in [-0.2, 0) is 4.79 Å². The molecule has 0 saturated heterocycles. The lowest BCUT2D eigenvalue weighted by Gasteiger charge is -2.27. The lowest BCUT2D eigenvalue weighted by Crippen LogP contribution is -2.23. The van der Waals surface area contributed by atoms with Gasteiger partial charge >= 0.3 is 0 Å². The number of benzene rings is 1. The van der Waals surface area contributed by atoms with Gasteiger partial charge < -0.3 is 5.32 Å². The number of carbonyl (C=O) groups excluding carboxylic acids is 1. The number of carbonyl (C=O) groups is 1. The Balaban J connectivity index is 2.38. The Morgan fingerprint density at radius 2 is 2.07 bits per heavy atom. The molecule has 1 heterocycles. The van der Waals surface area contributed by atoms with Gasteiger partial charge in [0, 0.05) is 16.1 Å². The van der Waals surface area contributed by atoms with Crippen LogP contribution in [0.2, 0.25) is 0 Å². The summed E-state index contributed by atoms with van der Waals surface area (Å²) in [6.45, 7) is 4.38. The zero-order valence-corrected chi connectivity index (χ0v) is 9.86. The number of rotatable bonds is 0. The maximum Gasteiger partial charge on any atom is 0.224 e. The average molecular weight is 221 g/mol. The predicted octanol–water partition coefficient (Wildman–Crippen LogP) is 3.29. The molecule has 1 amide bonds. The van der Waals surface area contributed by atoms with E-state index >= 15 is 0 Å². The summed E-state index contributed by atoms with van der Waals surface area (Å²) in [6, 6.07) is 7.99. The third-order valence-corrected chi connectivity index (χ3v) is 3.83. The molecule has 0 aliphatic carbocycles. The van der Waals surface area contributed by atoms with Gasteiger partial charge in [0.05, 0.1) is 5.69 Å². The molecule has 0 unspecified atom stereocenters. The Labute approximate surface area is 94.4 Å². The van der Waals surface area contributed by atoms with Crippen molar-refractivity contribution in [1.82, 2.24) is 0 Å². The molecule has 0 spiro atoms. The quantitative estimate of drug-likeness (QED) is 0.728.